The van der Waals surface area contributed by atoms with Crippen molar-refractivity contribution in [3.8, 4) is 6.07 Å². The van der Waals surface area contributed by atoms with E-state index in [1.165, 1.54) is 11.3 Å². The minimum Gasteiger partial charge on any atom is -0.396 e. The van der Waals surface area contributed by atoms with Crippen molar-refractivity contribution in [2.24, 2.45) is 5.73 Å². The van der Waals surface area contributed by atoms with Gasteiger partial charge in [0.05, 0.1) is 5.69 Å². The average molecular weight is 293 g/mol. The summed E-state index contributed by atoms with van der Waals surface area (Å²) in [6, 6.07) is 2.46. The number of amides is 1. The van der Waals surface area contributed by atoms with E-state index in [1.54, 1.807) is 0 Å². The van der Waals surface area contributed by atoms with Gasteiger partial charge in [0.1, 0.15) is 21.5 Å². The molecule has 0 aliphatic carbocycles. The van der Waals surface area contributed by atoms with Gasteiger partial charge in [0.15, 0.2) is 0 Å². The van der Waals surface area contributed by atoms with Crippen LogP contribution in [-0.2, 0) is 0 Å². The van der Waals surface area contributed by atoms with E-state index < -0.39 is 5.91 Å². The molecule has 1 amide bonds. The number of primary amides is 1. The van der Waals surface area contributed by atoms with E-state index in [2.05, 4.69) is 15.9 Å². The number of nitrogens with two attached hydrogens (primary N) is 2. The van der Waals surface area contributed by atoms with E-state index in [0.717, 1.165) is 30.9 Å². The van der Waals surface area contributed by atoms with Crippen LogP contribution >= 0.6 is 11.3 Å². The number of nitriles is 1. The van der Waals surface area contributed by atoms with Crippen LogP contribution in [0.3, 0.4) is 0 Å². The number of carbonyl (C=O) groups excluding carboxylic acids is 1. The van der Waals surface area contributed by atoms with E-state index in [1.807, 2.05) is 14.1 Å². The Kier molecular flexibility index (Phi) is 4.16. The van der Waals surface area contributed by atoms with Crippen molar-refractivity contribution in [2.75, 3.05) is 37.8 Å². The molecular weight excluding hydrogens is 274 g/mol. The second-order valence-electron chi connectivity index (χ2n) is 5.25. The number of nitrogens with zero attached hydrogens (tertiary/aromatic N) is 3. The third kappa shape index (κ3) is 2.57. The normalized spacial score (nSPS) is 18.5. The highest BCUT2D eigenvalue weighted by Gasteiger charge is 2.31. The lowest BCUT2D eigenvalue weighted by atomic mass is 10.2. The maximum Gasteiger partial charge on any atom is 0.261 e. The third-order valence-electron chi connectivity index (χ3n) is 3.48. The first-order chi connectivity index (χ1) is 9.45. The SMILES string of the molecule is CN(C)CC1CCCN1c1sc(C(N)=O)c(N)c1C#N. The van der Waals surface area contributed by atoms with Gasteiger partial charge < -0.3 is 21.3 Å². The maximum atomic E-state index is 11.4. The van der Waals surface area contributed by atoms with E-state index in [0.29, 0.717) is 11.6 Å². The fourth-order valence-electron chi connectivity index (χ4n) is 2.64. The van der Waals surface area contributed by atoms with Crippen LogP contribution < -0.4 is 16.4 Å². The molecule has 108 valence electrons. The van der Waals surface area contributed by atoms with Crippen molar-refractivity contribution < 1.29 is 4.79 Å². The molecule has 0 radical (unpaired) electrons. The lowest BCUT2D eigenvalue weighted by molar-refractivity contribution is 0.100. The summed E-state index contributed by atoms with van der Waals surface area (Å²) in [5, 5.41) is 10.1. The van der Waals surface area contributed by atoms with Crippen LogP contribution in [-0.4, -0.2) is 44.0 Å². The first-order valence-electron chi connectivity index (χ1n) is 6.49. The summed E-state index contributed by atoms with van der Waals surface area (Å²) in [6.07, 6.45) is 2.15. The first kappa shape index (κ1) is 14.6. The molecule has 1 atom stereocenters. The molecule has 1 aromatic heterocycles. The van der Waals surface area contributed by atoms with Crippen LogP contribution in [0, 0.1) is 11.3 Å². The van der Waals surface area contributed by atoms with Crippen molar-refractivity contribution in [1.82, 2.24) is 4.90 Å². The quantitative estimate of drug-likeness (QED) is 0.856. The summed E-state index contributed by atoms with van der Waals surface area (Å²) in [6.45, 7) is 1.79. The number of carbonyl (C=O) groups is 1. The van der Waals surface area contributed by atoms with Gasteiger partial charge in [-0.05, 0) is 26.9 Å². The molecule has 2 rings (SSSR count). The zero-order chi connectivity index (χ0) is 14.9. The zero-order valence-corrected chi connectivity index (χ0v) is 12.5. The van der Waals surface area contributed by atoms with Crippen molar-refractivity contribution in [3.63, 3.8) is 0 Å². The largest absolute Gasteiger partial charge is 0.396 e. The summed E-state index contributed by atoms with van der Waals surface area (Å²) >= 11 is 1.23. The lowest BCUT2D eigenvalue weighted by Gasteiger charge is -2.28. The molecular formula is C13H19N5OS. The molecule has 0 spiro atoms. The number of anilines is 2. The minimum absolute atomic E-state index is 0.218. The predicted octanol–water partition coefficient (Wildman–Crippen LogP) is 0.831. The standard InChI is InChI=1S/C13H19N5OS/c1-17(2)7-8-4-3-5-18(8)13-9(6-14)10(15)11(20-13)12(16)19/h8H,3-5,7,15H2,1-2H3,(H2,16,19). The molecule has 7 heteroatoms. The minimum atomic E-state index is -0.571. The van der Waals surface area contributed by atoms with Gasteiger partial charge in [-0.1, -0.05) is 0 Å². The van der Waals surface area contributed by atoms with Gasteiger partial charge in [-0.3, -0.25) is 4.79 Å². The van der Waals surface area contributed by atoms with Gasteiger partial charge in [-0.25, -0.2) is 0 Å². The molecule has 1 aliphatic rings. The van der Waals surface area contributed by atoms with Crippen molar-refractivity contribution in [1.29, 1.82) is 5.26 Å². The lowest BCUT2D eigenvalue weighted by Crippen LogP contribution is -2.37. The van der Waals surface area contributed by atoms with Gasteiger partial charge in [0, 0.05) is 19.1 Å². The molecule has 1 saturated heterocycles. The summed E-state index contributed by atoms with van der Waals surface area (Å²) in [7, 11) is 4.05. The molecule has 0 saturated carbocycles. The summed E-state index contributed by atoms with van der Waals surface area (Å²) < 4.78 is 0. The smallest absolute Gasteiger partial charge is 0.261 e. The van der Waals surface area contributed by atoms with E-state index in [-0.39, 0.29) is 10.6 Å². The molecule has 1 aromatic rings. The molecule has 1 unspecified atom stereocenters. The van der Waals surface area contributed by atoms with Crippen LogP contribution in [0.4, 0.5) is 10.7 Å². The highest BCUT2D eigenvalue weighted by atomic mass is 32.1. The van der Waals surface area contributed by atoms with Crippen LogP contribution in [0.2, 0.25) is 0 Å². The monoisotopic (exact) mass is 293 g/mol. The van der Waals surface area contributed by atoms with Crippen LogP contribution in [0.25, 0.3) is 0 Å². The topological polar surface area (TPSA) is 99.4 Å². The molecule has 4 N–H and O–H groups in total. The average Bonchev–Trinajstić information content (AvgIpc) is 2.92. The second-order valence-corrected chi connectivity index (χ2v) is 6.25. The Balaban J connectivity index is 2.39. The number of hydrogen-bond donors (Lipinski definition) is 2. The molecule has 2 heterocycles. The molecule has 1 fully saturated rings. The molecule has 6 nitrogen and oxygen atoms in total. The van der Waals surface area contributed by atoms with Gasteiger partial charge in [-0.15, -0.1) is 11.3 Å². The maximum absolute atomic E-state index is 11.4. The Hall–Kier alpha value is -1.78. The zero-order valence-electron chi connectivity index (χ0n) is 11.7. The van der Waals surface area contributed by atoms with Gasteiger partial charge >= 0.3 is 0 Å². The molecule has 0 bridgehead atoms. The van der Waals surface area contributed by atoms with Crippen LogP contribution in [0.5, 0.6) is 0 Å². The Morgan fingerprint density at radius 2 is 2.30 bits per heavy atom. The number of thiophene rings is 1. The van der Waals surface area contributed by atoms with Gasteiger partial charge in [0.25, 0.3) is 5.91 Å². The Morgan fingerprint density at radius 3 is 2.85 bits per heavy atom. The Bertz CT molecular complexity index is 560. The third-order valence-corrected chi connectivity index (χ3v) is 4.73. The van der Waals surface area contributed by atoms with Crippen LogP contribution in [0.15, 0.2) is 0 Å². The van der Waals surface area contributed by atoms with Crippen molar-refractivity contribution in [2.45, 2.75) is 18.9 Å². The van der Waals surface area contributed by atoms with Crippen molar-refractivity contribution >= 4 is 27.9 Å². The summed E-state index contributed by atoms with van der Waals surface area (Å²) in [4.78, 5) is 16.0. The van der Waals surface area contributed by atoms with Gasteiger partial charge in [-0.2, -0.15) is 5.26 Å². The Labute approximate surface area is 122 Å². The second kappa shape index (κ2) is 5.69. The highest BCUT2D eigenvalue weighted by molar-refractivity contribution is 7.19. The van der Waals surface area contributed by atoms with E-state index in [4.69, 9.17) is 11.5 Å². The number of hydrogen-bond acceptors (Lipinski definition) is 6. The van der Waals surface area contributed by atoms with Crippen LogP contribution in [0.1, 0.15) is 28.1 Å². The highest BCUT2D eigenvalue weighted by Crippen LogP contribution is 2.40. The fourth-order valence-corrected chi connectivity index (χ4v) is 3.76. The Morgan fingerprint density at radius 1 is 1.60 bits per heavy atom. The van der Waals surface area contributed by atoms with E-state index >= 15 is 0 Å². The fraction of sp³-hybridized carbons (Fsp3) is 0.538. The first-order valence-corrected chi connectivity index (χ1v) is 7.31. The van der Waals surface area contributed by atoms with Gasteiger partial charge in [0.2, 0.25) is 0 Å². The number of rotatable bonds is 4. The predicted molar refractivity (Wildman–Crippen MR) is 80.9 cm³/mol. The number of likely N-dealkylation sites (N-methyl/N-ethyl adjacent to an activating group) is 1. The summed E-state index contributed by atoms with van der Waals surface area (Å²) in [5.74, 6) is -0.571. The summed E-state index contributed by atoms with van der Waals surface area (Å²) in [5.41, 5.74) is 11.8. The molecule has 20 heavy (non-hydrogen) atoms. The number of nitrogen functional groups attached to an aromatic ring is 1. The van der Waals surface area contributed by atoms with Crippen molar-refractivity contribution in [3.05, 3.63) is 10.4 Å². The van der Waals surface area contributed by atoms with E-state index in [9.17, 15) is 10.1 Å². The molecule has 1 aliphatic heterocycles. The molecule has 0 aromatic carbocycles.